The van der Waals surface area contributed by atoms with E-state index in [1.807, 2.05) is 0 Å². The van der Waals surface area contributed by atoms with Crippen LogP contribution in [0.15, 0.2) is 0 Å². The Morgan fingerprint density at radius 3 is 2.55 bits per heavy atom. The van der Waals surface area contributed by atoms with Crippen molar-refractivity contribution in [3.63, 3.8) is 0 Å². The molecular formula is C9H12O2. The molecule has 60 valence electrons. The lowest BCUT2D eigenvalue weighted by atomic mass is 9.80. The van der Waals surface area contributed by atoms with Crippen LogP contribution in [0.1, 0.15) is 25.7 Å². The zero-order valence-electron chi connectivity index (χ0n) is 6.42. The molecular weight excluding hydrogens is 140 g/mol. The number of carboxylic acid groups (broad SMARTS) is 1. The molecule has 11 heavy (non-hydrogen) atoms. The molecule has 1 fully saturated rings. The fourth-order valence-corrected chi connectivity index (χ4v) is 1.63. The van der Waals surface area contributed by atoms with Crippen LogP contribution in [0.25, 0.3) is 0 Å². The Kier molecular flexibility index (Phi) is 2.53. The molecule has 2 nitrogen and oxygen atoms in total. The van der Waals surface area contributed by atoms with Crippen molar-refractivity contribution in [2.45, 2.75) is 25.7 Å². The topological polar surface area (TPSA) is 37.3 Å². The molecule has 2 heteroatoms. The van der Waals surface area contributed by atoms with Gasteiger partial charge in [0.15, 0.2) is 0 Å². The molecule has 0 aliphatic heterocycles. The Morgan fingerprint density at radius 2 is 2.09 bits per heavy atom. The van der Waals surface area contributed by atoms with Crippen molar-refractivity contribution in [3.8, 4) is 12.3 Å². The number of aliphatic carboxylic acids is 1. The van der Waals surface area contributed by atoms with Gasteiger partial charge in [-0.1, -0.05) is 12.8 Å². The Hall–Kier alpha value is -0.970. The second kappa shape index (κ2) is 3.43. The van der Waals surface area contributed by atoms with E-state index in [0.29, 0.717) is 0 Å². The van der Waals surface area contributed by atoms with E-state index in [2.05, 4.69) is 5.92 Å². The molecule has 2 atom stereocenters. The molecule has 0 radical (unpaired) electrons. The largest absolute Gasteiger partial charge is 0.481 e. The van der Waals surface area contributed by atoms with Crippen molar-refractivity contribution in [1.29, 1.82) is 0 Å². The molecule has 0 saturated heterocycles. The zero-order valence-corrected chi connectivity index (χ0v) is 6.42. The molecule has 0 amide bonds. The Morgan fingerprint density at radius 1 is 1.45 bits per heavy atom. The fourth-order valence-electron chi connectivity index (χ4n) is 1.63. The van der Waals surface area contributed by atoms with Crippen LogP contribution in [0.2, 0.25) is 0 Å². The van der Waals surface area contributed by atoms with E-state index in [0.717, 1.165) is 25.7 Å². The summed E-state index contributed by atoms with van der Waals surface area (Å²) in [5.74, 6) is 1.52. The fraction of sp³-hybridized carbons (Fsp3) is 0.667. The second-order valence-electron chi connectivity index (χ2n) is 3.00. The molecule has 0 aromatic carbocycles. The molecule has 1 aliphatic carbocycles. The molecule has 0 heterocycles. The number of carboxylic acids is 1. The van der Waals surface area contributed by atoms with Gasteiger partial charge in [-0.3, -0.25) is 4.79 Å². The van der Waals surface area contributed by atoms with E-state index in [1.54, 1.807) is 0 Å². The molecule has 0 aromatic rings. The van der Waals surface area contributed by atoms with Crippen molar-refractivity contribution < 1.29 is 9.90 Å². The quantitative estimate of drug-likeness (QED) is 0.578. The third kappa shape index (κ3) is 1.74. The first-order chi connectivity index (χ1) is 5.25. The van der Waals surface area contributed by atoms with Crippen LogP contribution in [0.3, 0.4) is 0 Å². The highest BCUT2D eigenvalue weighted by atomic mass is 16.4. The first-order valence-electron chi connectivity index (χ1n) is 3.94. The van der Waals surface area contributed by atoms with Gasteiger partial charge in [0.2, 0.25) is 0 Å². The van der Waals surface area contributed by atoms with Gasteiger partial charge in [-0.05, 0) is 12.8 Å². The lowest BCUT2D eigenvalue weighted by Crippen LogP contribution is -2.25. The van der Waals surface area contributed by atoms with Crippen molar-refractivity contribution in [2.75, 3.05) is 0 Å². The summed E-state index contributed by atoms with van der Waals surface area (Å²) in [6.45, 7) is 0. The standard InChI is InChI=1S/C9H12O2/c1-2-7-5-3-4-6-8(7)9(10)11/h1,7-8H,3-6H2,(H,10,11). The van der Waals surface area contributed by atoms with Crippen LogP contribution in [0.5, 0.6) is 0 Å². The van der Waals surface area contributed by atoms with Crippen molar-refractivity contribution >= 4 is 5.97 Å². The predicted octanol–water partition coefficient (Wildman–Crippen LogP) is 1.51. The van der Waals surface area contributed by atoms with Gasteiger partial charge in [-0.15, -0.1) is 12.3 Å². The molecule has 1 N–H and O–H groups in total. The summed E-state index contributed by atoms with van der Waals surface area (Å²) in [5, 5.41) is 8.74. The minimum atomic E-state index is -0.729. The summed E-state index contributed by atoms with van der Waals surface area (Å²) in [6.07, 6.45) is 8.95. The summed E-state index contributed by atoms with van der Waals surface area (Å²) in [4.78, 5) is 10.6. The lowest BCUT2D eigenvalue weighted by Gasteiger charge is -2.23. The van der Waals surface area contributed by atoms with Gasteiger partial charge in [-0.2, -0.15) is 0 Å². The van der Waals surface area contributed by atoms with Gasteiger partial charge in [0.1, 0.15) is 0 Å². The first-order valence-corrected chi connectivity index (χ1v) is 3.94. The molecule has 2 unspecified atom stereocenters. The molecule has 0 spiro atoms. The number of terminal acetylenes is 1. The van der Waals surface area contributed by atoms with Gasteiger partial charge in [0, 0.05) is 5.92 Å². The monoisotopic (exact) mass is 152 g/mol. The van der Waals surface area contributed by atoms with Crippen molar-refractivity contribution in [2.24, 2.45) is 11.8 Å². The summed E-state index contributed by atoms with van der Waals surface area (Å²) in [7, 11) is 0. The Balaban J connectivity index is 2.60. The summed E-state index contributed by atoms with van der Waals surface area (Å²) in [5.41, 5.74) is 0. The van der Waals surface area contributed by atoms with Gasteiger partial charge < -0.3 is 5.11 Å². The second-order valence-corrected chi connectivity index (χ2v) is 3.00. The number of rotatable bonds is 1. The van der Waals surface area contributed by atoms with Crippen LogP contribution >= 0.6 is 0 Å². The van der Waals surface area contributed by atoms with Crippen LogP contribution in [-0.2, 0) is 4.79 Å². The maximum atomic E-state index is 10.6. The summed E-state index contributed by atoms with van der Waals surface area (Å²) >= 11 is 0. The van der Waals surface area contributed by atoms with Gasteiger partial charge in [0.25, 0.3) is 0 Å². The Bertz CT molecular complexity index is 190. The summed E-state index contributed by atoms with van der Waals surface area (Å²) < 4.78 is 0. The third-order valence-corrected chi connectivity index (χ3v) is 2.30. The number of hydrogen-bond acceptors (Lipinski definition) is 1. The lowest BCUT2D eigenvalue weighted by molar-refractivity contribution is -0.143. The maximum Gasteiger partial charge on any atom is 0.307 e. The van der Waals surface area contributed by atoms with Gasteiger partial charge in [-0.25, -0.2) is 0 Å². The highest BCUT2D eigenvalue weighted by Crippen LogP contribution is 2.29. The molecule has 1 rings (SSSR count). The van der Waals surface area contributed by atoms with E-state index < -0.39 is 5.97 Å². The van der Waals surface area contributed by atoms with E-state index in [9.17, 15) is 4.79 Å². The van der Waals surface area contributed by atoms with Crippen LogP contribution < -0.4 is 0 Å². The van der Waals surface area contributed by atoms with Crippen LogP contribution in [-0.4, -0.2) is 11.1 Å². The van der Waals surface area contributed by atoms with Crippen molar-refractivity contribution in [3.05, 3.63) is 0 Å². The molecule has 1 aliphatic rings. The zero-order chi connectivity index (χ0) is 8.27. The Labute approximate surface area is 66.6 Å². The van der Waals surface area contributed by atoms with E-state index >= 15 is 0 Å². The highest BCUT2D eigenvalue weighted by Gasteiger charge is 2.28. The highest BCUT2D eigenvalue weighted by molar-refractivity contribution is 5.71. The van der Waals surface area contributed by atoms with E-state index in [4.69, 9.17) is 11.5 Å². The maximum absolute atomic E-state index is 10.6. The van der Waals surface area contributed by atoms with Gasteiger partial charge in [0.05, 0.1) is 5.92 Å². The first kappa shape index (κ1) is 8.13. The smallest absolute Gasteiger partial charge is 0.307 e. The average molecular weight is 152 g/mol. The number of carbonyl (C=O) groups is 1. The normalized spacial score (nSPS) is 30.8. The molecule has 0 bridgehead atoms. The van der Waals surface area contributed by atoms with Crippen molar-refractivity contribution in [1.82, 2.24) is 0 Å². The molecule has 1 saturated carbocycles. The van der Waals surface area contributed by atoms with E-state index in [1.165, 1.54) is 0 Å². The van der Waals surface area contributed by atoms with E-state index in [-0.39, 0.29) is 11.8 Å². The molecule has 0 aromatic heterocycles. The number of hydrogen-bond donors (Lipinski definition) is 1. The van der Waals surface area contributed by atoms with Crippen LogP contribution in [0, 0.1) is 24.2 Å². The average Bonchev–Trinajstić information content (AvgIpc) is 2.04. The SMILES string of the molecule is C#CC1CCCCC1C(=O)O. The van der Waals surface area contributed by atoms with Crippen LogP contribution in [0.4, 0.5) is 0 Å². The van der Waals surface area contributed by atoms with Gasteiger partial charge >= 0.3 is 5.97 Å². The summed E-state index contributed by atoms with van der Waals surface area (Å²) in [6, 6.07) is 0. The predicted molar refractivity (Wildman–Crippen MR) is 41.9 cm³/mol. The minimum absolute atomic E-state index is 0.0266. The third-order valence-electron chi connectivity index (χ3n) is 2.30. The minimum Gasteiger partial charge on any atom is -0.481 e.